The molecule has 0 unspecified atom stereocenters. The van der Waals surface area contributed by atoms with E-state index in [1.165, 1.54) is 0 Å². The third-order valence-corrected chi connectivity index (χ3v) is 4.98. The van der Waals surface area contributed by atoms with Crippen LogP contribution in [0.5, 0.6) is 0 Å². The van der Waals surface area contributed by atoms with Crippen molar-refractivity contribution in [2.24, 2.45) is 0 Å². The zero-order valence-electron chi connectivity index (χ0n) is 12.1. The van der Waals surface area contributed by atoms with E-state index in [9.17, 15) is 4.79 Å². The van der Waals surface area contributed by atoms with E-state index in [0.29, 0.717) is 11.3 Å². The number of hydrogen-bond acceptors (Lipinski definition) is 3. The summed E-state index contributed by atoms with van der Waals surface area (Å²) < 4.78 is 2.91. The van der Waals surface area contributed by atoms with Gasteiger partial charge in [-0.2, -0.15) is 0 Å². The van der Waals surface area contributed by atoms with E-state index in [4.69, 9.17) is 0 Å². The van der Waals surface area contributed by atoms with Crippen LogP contribution in [0.1, 0.15) is 36.8 Å². The molecule has 0 saturated heterocycles. The van der Waals surface area contributed by atoms with Crippen LogP contribution in [0, 0.1) is 0 Å². The van der Waals surface area contributed by atoms with Gasteiger partial charge in [-0.05, 0) is 51.1 Å². The third kappa shape index (κ3) is 2.72. The van der Waals surface area contributed by atoms with Gasteiger partial charge in [0.1, 0.15) is 5.69 Å². The van der Waals surface area contributed by atoms with Crippen molar-refractivity contribution in [2.45, 2.75) is 30.7 Å². The fourth-order valence-electron chi connectivity index (χ4n) is 2.49. The molecule has 5 heteroatoms. The molecule has 0 radical (unpaired) electrons. The molecule has 1 aromatic heterocycles. The first kappa shape index (κ1) is 14.6. The molecule has 3 rings (SSSR count). The first-order chi connectivity index (χ1) is 9.87. The highest BCUT2D eigenvalue weighted by Crippen LogP contribution is 2.40. The van der Waals surface area contributed by atoms with Gasteiger partial charge in [0.2, 0.25) is 5.78 Å². The summed E-state index contributed by atoms with van der Waals surface area (Å²) in [5.41, 5.74) is 2.33. The Balaban J connectivity index is 2.04. The Morgan fingerprint density at radius 3 is 2.62 bits per heavy atom. The molecule has 0 fully saturated rings. The Morgan fingerprint density at radius 1 is 1.29 bits per heavy atom. The number of allylic oxidation sites excluding steroid dienone is 1. The smallest absolute Gasteiger partial charge is 0.211 e. The van der Waals surface area contributed by atoms with Crippen LogP contribution in [0.2, 0.25) is 0 Å². The molecule has 108 valence electrons. The molecule has 2 heterocycles. The first-order valence-electron chi connectivity index (χ1n) is 6.64. The molecule has 1 aromatic carbocycles. The summed E-state index contributed by atoms with van der Waals surface area (Å²) in [5.74, 6) is -0.00527. The van der Waals surface area contributed by atoms with Gasteiger partial charge in [0, 0.05) is 20.5 Å². The zero-order valence-corrected chi connectivity index (χ0v) is 14.5. The summed E-state index contributed by atoms with van der Waals surface area (Å²) in [5, 5.41) is 0.875. The molecule has 1 aliphatic rings. The van der Waals surface area contributed by atoms with Crippen molar-refractivity contribution in [3.63, 3.8) is 0 Å². The van der Waals surface area contributed by atoms with Gasteiger partial charge in [0.25, 0.3) is 0 Å². The van der Waals surface area contributed by atoms with E-state index < -0.39 is 0 Å². The minimum absolute atomic E-state index is 0.00334. The summed E-state index contributed by atoms with van der Waals surface area (Å²) in [6.45, 7) is 6.32. The van der Waals surface area contributed by atoms with E-state index in [1.807, 2.05) is 35.8 Å². The van der Waals surface area contributed by atoms with Crippen LogP contribution in [0.15, 0.2) is 46.2 Å². The SMILES string of the molecule is CC1=CC(C)(C)Sc2ncc(C(=O)c3ccc(Br)cc3)n21. The average molecular weight is 363 g/mol. The van der Waals surface area contributed by atoms with Gasteiger partial charge < -0.3 is 0 Å². The second kappa shape index (κ2) is 5.14. The lowest BCUT2D eigenvalue weighted by atomic mass is 10.1. The summed E-state index contributed by atoms with van der Waals surface area (Å²) in [4.78, 5) is 17.1. The van der Waals surface area contributed by atoms with E-state index in [2.05, 4.69) is 40.8 Å². The standard InChI is InChI=1S/C16H15BrN2OS/c1-10-8-16(2,3)21-15-18-9-13(19(10)15)14(20)11-4-6-12(17)7-5-11/h4-9H,1-3H3. The third-order valence-electron chi connectivity index (χ3n) is 3.33. The van der Waals surface area contributed by atoms with Crippen molar-refractivity contribution in [3.8, 4) is 0 Å². The maximum atomic E-state index is 12.7. The quantitative estimate of drug-likeness (QED) is 0.731. The maximum absolute atomic E-state index is 12.7. The molecule has 3 nitrogen and oxygen atoms in total. The average Bonchev–Trinajstić information content (AvgIpc) is 2.81. The van der Waals surface area contributed by atoms with Crippen LogP contribution in [-0.4, -0.2) is 20.1 Å². The van der Waals surface area contributed by atoms with Gasteiger partial charge >= 0.3 is 0 Å². The summed E-state index contributed by atoms with van der Waals surface area (Å²) in [6, 6.07) is 7.40. The van der Waals surface area contributed by atoms with Gasteiger partial charge in [-0.25, -0.2) is 4.98 Å². The highest BCUT2D eigenvalue weighted by atomic mass is 79.9. The Labute approximate surface area is 136 Å². The summed E-state index contributed by atoms with van der Waals surface area (Å²) in [6.07, 6.45) is 3.84. The predicted molar refractivity (Wildman–Crippen MR) is 89.7 cm³/mol. The topological polar surface area (TPSA) is 34.9 Å². The first-order valence-corrected chi connectivity index (χ1v) is 8.25. The van der Waals surface area contributed by atoms with Gasteiger partial charge in [-0.15, -0.1) is 0 Å². The van der Waals surface area contributed by atoms with Crippen LogP contribution in [0.25, 0.3) is 5.70 Å². The van der Waals surface area contributed by atoms with Gasteiger partial charge in [-0.1, -0.05) is 27.7 Å². The van der Waals surface area contributed by atoms with E-state index >= 15 is 0 Å². The number of aromatic nitrogens is 2. The van der Waals surface area contributed by atoms with Crippen LogP contribution < -0.4 is 0 Å². The fraction of sp³-hybridized carbons (Fsp3) is 0.250. The molecular formula is C16H15BrN2OS. The molecule has 0 bridgehead atoms. The molecule has 0 spiro atoms. The predicted octanol–water partition coefficient (Wildman–Crippen LogP) is 4.62. The van der Waals surface area contributed by atoms with Crippen molar-refractivity contribution in [2.75, 3.05) is 0 Å². The number of hydrogen-bond donors (Lipinski definition) is 0. The molecule has 0 saturated carbocycles. The number of rotatable bonds is 2. The van der Waals surface area contributed by atoms with E-state index in [0.717, 1.165) is 15.3 Å². The van der Waals surface area contributed by atoms with Crippen LogP contribution in [0.3, 0.4) is 0 Å². The minimum Gasteiger partial charge on any atom is -0.289 e. The molecule has 2 aromatic rings. The van der Waals surface area contributed by atoms with Crippen molar-refractivity contribution in [1.29, 1.82) is 0 Å². The number of nitrogens with zero attached hydrogens (tertiary/aromatic N) is 2. The number of imidazole rings is 1. The lowest BCUT2D eigenvalue weighted by molar-refractivity contribution is 0.103. The molecule has 21 heavy (non-hydrogen) atoms. The molecule has 0 aliphatic carbocycles. The monoisotopic (exact) mass is 362 g/mol. The van der Waals surface area contributed by atoms with Gasteiger partial charge in [-0.3, -0.25) is 9.36 Å². The number of benzene rings is 1. The van der Waals surface area contributed by atoms with Crippen LogP contribution in [-0.2, 0) is 0 Å². The lowest BCUT2D eigenvalue weighted by Crippen LogP contribution is -2.20. The molecule has 0 atom stereocenters. The van der Waals surface area contributed by atoms with Crippen LogP contribution in [0.4, 0.5) is 0 Å². The molecule has 1 aliphatic heterocycles. The number of carbonyl (C=O) groups excluding carboxylic acids is 1. The summed E-state index contributed by atoms with van der Waals surface area (Å²) in [7, 11) is 0. The molecular weight excluding hydrogens is 348 g/mol. The van der Waals surface area contributed by atoms with E-state index in [1.54, 1.807) is 18.0 Å². The highest BCUT2D eigenvalue weighted by molar-refractivity contribution is 9.10. The van der Waals surface area contributed by atoms with E-state index in [-0.39, 0.29) is 10.5 Å². The Bertz CT molecular complexity index is 744. The van der Waals surface area contributed by atoms with Gasteiger partial charge in [0.05, 0.1) is 6.20 Å². The number of halogens is 1. The maximum Gasteiger partial charge on any atom is 0.211 e. The highest BCUT2D eigenvalue weighted by Gasteiger charge is 2.29. The molecule has 0 amide bonds. The van der Waals surface area contributed by atoms with Crippen LogP contribution >= 0.6 is 27.7 Å². The van der Waals surface area contributed by atoms with Crippen molar-refractivity contribution >= 4 is 39.2 Å². The fourth-order valence-corrected chi connectivity index (χ4v) is 3.89. The summed E-state index contributed by atoms with van der Waals surface area (Å²) >= 11 is 5.05. The number of fused-ring (bicyclic) bond motifs is 1. The number of carbonyl (C=O) groups is 1. The number of ketones is 1. The Kier molecular flexibility index (Phi) is 3.58. The Morgan fingerprint density at radius 2 is 1.95 bits per heavy atom. The minimum atomic E-state index is -0.00527. The second-order valence-corrected chi connectivity index (χ2v) is 8.13. The Hall–Kier alpha value is -1.33. The van der Waals surface area contributed by atoms with Crippen molar-refractivity contribution in [3.05, 3.63) is 52.3 Å². The largest absolute Gasteiger partial charge is 0.289 e. The van der Waals surface area contributed by atoms with Crippen molar-refractivity contribution < 1.29 is 4.79 Å². The van der Waals surface area contributed by atoms with Gasteiger partial charge in [0.15, 0.2) is 5.16 Å². The zero-order chi connectivity index (χ0) is 15.2. The normalized spacial score (nSPS) is 16.3. The lowest BCUT2D eigenvalue weighted by Gasteiger charge is -2.27. The second-order valence-electron chi connectivity index (χ2n) is 5.59. The molecule has 0 N–H and O–H groups in total. The number of thioether (sulfide) groups is 1. The van der Waals surface area contributed by atoms with Crippen molar-refractivity contribution in [1.82, 2.24) is 9.55 Å².